The van der Waals surface area contributed by atoms with E-state index in [1.54, 1.807) is 0 Å². The number of benzene rings is 1. The first-order valence-electron chi connectivity index (χ1n) is 11.7. The molecule has 2 saturated heterocycles. The van der Waals surface area contributed by atoms with Crippen LogP contribution in [0, 0.1) is 0 Å². The highest BCUT2D eigenvalue weighted by molar-refractivity contribution is 7.85. The monoisotopic (exact) mass is 468 g/mol. The number of anilines is 1. The number of nitrogens with zero attached hydrogens (tertiary/aromatic N) is 2. The topological polar surface area (TPSA) is 68.3 Å². The van der Waals surface area contributed by atoms with Crippen molar-refractivity contribution in [1.82, 2.24) is 4.31 Å². The van der Waals surface area contributed by atoms with Gasteiger partial charge in [-0.25, -0.2) is 8.51 Å². The first-order chi connectivity index (χ1) is 15.2. The zero-order chi connectivity index (χ0) is 23.8. The summed E-state index contributed by atoms with van der Waals surface area (Å²) in [6, 6.07) is 8.06. The summed E-state index contributed by atoms with van der Waals surface area (Å²) in [4.78, 5) is 15.3. The van der Waals surface area contributed by atoms with Gasteiger partial charge in [0.15, 0.2) is 4.75 Å². The van der Waals surface area contributed by atoms with Crippen LogP contribution in [0.15, 0.2) is 24.3 Å². The Hall–Kier alpha value is -1.64. The van der Waals surface area contributed by atoms with E-state index in [-0.39, 0.29) is 5.97 Å². The molecule has 0 N–H and O–H groups in total. The fourth-order valence-electron chi connectivity index (χ4n) is 3.80. The molecule has 0 spiro atoms. The molecule has 182 valence electrons. The van der Waals surface area contributed by atoms with Crippen LogP contribution in [0.2, 0.25) is 0 Å². The van der Waals surface area contributed by atoms with E-state index >= 15 is 0 Å². The number of carbonyl (C=O) groups is 1. The lowest BCUT2D eigenvalue weighted by Gasteiger charge is -2.42. The standard InChI is InChI=1S/C22H34N2O5S.C2H6/c1-5-28-19-8-6-18(7-9-19)23-12-14-24(15-13-23)30(26)22(10-16-27-17-11-22)20(25)29-21(2,3)4;1-2/h6-9H,5,10-17H2,1-4H3;1-2H3. The fourth-order valence-corrected chi connectivity index (χ4v) is 5.49. The molecule has 0 radical (unpaired) electrons. The Morgan fingerprint density at radius 3 is 2.12 bits per heavy atom. The SMILES string of the molecule is CC.CCOc1ccc(N2CCN(S(=O)C3(C(=O)OC(C)(C)C)CCOCC3)CC2)cc1. The number of ether oxygens (including phenoxy) is 3. The van der Waals surface area contributed by atoms with Gasteiger partial charge in [0.1, 0.15) is 22.3 Å². The Morgan fingerprint density at radius 2 is 1.62 bits per heavy atom. The summed E-state index contributed by atoms with van der Waals surface area (Å²) in [7, 11) is -1.46. The molecular weight excluding hydrogens is 428 g/mol. The Kier molecular flexibility index (Phi) is 9.98. The Bertz CT molecular complexity index is 734. The smallest absolute Gasteiger partial charge is 0.326 e. The van der Waals surface area contributed by atoms with Gasteiger partial charge in [-0.3, -0.25) is 4.79 Å². The molecule has 7 nitrogen and oxygen atoms in total. The molecule has 0 bridgehead atoms. The zero-order valence-electron chi connectivity index (χ0n) is 20.5. The van der Waals surface area contributed by atoms with E-state index in [1.165, 1.54) is 0 Å². The third kappa shape index (κ3) is 6.68. The van der Waals surface area contributed by atoms with Crippen LogP contribution in [0.5, 0.6) is 5.75 Å². The van der Waals surface area contributed by atoms with Gasteiger partial charge in [-0.05, 0) is 64.8 Å². The number of rotatable bonds is 6. The molecule has 1 aromatic rings. The maximum Gasteiger partial charge on any atom is 0.326 e. The lowest BCUT2D eigenvalue weighted by Crippen LogP contribution is -2.58. The highest BCUT2D eigenvalue weighted by atomic mass is 32.2. The Morgan fingerprint density at radius 1 is 1.06 bits per heavy atom. The van der Waals surface area contributed by atoms with Crippen LogP contribution in [0.4, 0.5) is 5.69 Å². The van der Waals surface area contributed by atoms with Gasteiger partial charge in [0.05, 0.1) is 6.61 Å². The maximum atomic E-state index is 13.6. The largest absolute Gasteiger partial charge is 0.494 e. The van der Waals surface area contributed by atoms with Gasteiger partial charge in [0, 0.05) is 45.1 Å². The molecule has 32 heavy (non-hydrogen) atoms. The molecule has 1 unspecified atom stereocenters. The molecule has 2 fully saturated rings. The van der Waals surface area contributed by atoms with Crippen LogP contribution < -0.4 is 9.64 Å². The fraction of sp³-hybridized carbons (Fsp3) is 0.708. The second kappa shape index (κ2) is 12.0. The molecule has 2 heterocycles. The predicted octanol–water partition coefficient (Wildman–Crippen LogP) is 3.79. The van der Waals surface area contributed by atoms with E-state index in [0.29, 0.717) is 45.8 Å². The van der Waals surface area contributed by atoms with Crippen molar-refractivity contribution in [2.75, 3.05) is 50.9 Å². The van der Waals surface area contributed by atoms with Crippen molar-refractivity contribution in [3.8, 4) is 5.75 Å². The van der Waals surface area contributed by atoms with E-state index in [1.807, 2.05) is 58.0 Å². The molecule has 8 heteroatoms. The van der Waals surface area contributed by atoms with Crippen LogP contribution in [-0.4, -0.2) is 70.8 Å². The molecule has 2 aliphatic heterocycles. The summed E-state index contributed by atoms with van der Waals surface area (Å²) in [5.41, 5.74) is 0.510. The van der Waals surface area contributed by atoms with E-state index in [9.17, 15) is 9.00 Å². The van der Waals surface area contributed by atoms with Gasteiger partial charge in [-0.2, -0.15) is 0 Å². The second-order valence-electron chi connectivity index (χ2n) is 8.70. The molecule has 0 aliphatic carbocycles. The Labute approximate surface area is 196 Å². The predicted molar refractivity (Wildman–Crippen MR) is 130 cm³/mol. The molecule has 1 atom stereocenters. The lowest BCUT2D eigenvalue weighted by molar-refractivity contribution is -0.160. The molecular formula is C24H40N2O5S. The van der Waals surface area contributed by atoms with E-state index in [4.69, 9.17) is 14.2 Å². The van der Waals surface area contributed by atoms with Crippen molar-refractivity contribution < 1.29 is 23.2 Å². The van der Waals surface area contributed by atoms with Crippen LogP contribution >= 0.6 is 0 Å². The van der Waals surface area contributed by atoms with E-state index < -0.39 is 21.3 Å². The number of piperazine rings is 1. The van der Waals surface area contributed by atoms with Crippen molar-refractivity contribution >= 4 is 22.6 Å². The van der Waals surface area contributed by atoms with Crippen molar-refractivity contribution in [2.45, 2.75) is 64.7 Å². The maximum absolute atomic E-state index is 13.6. The molecule has 3 rings (SSSR count). The van der Waals surface area contributed by atoms with E-state index in [0.717, 1.165) is 24.5 Å². The average Bonchev–Trinajstić information content (AvgIpc) is 2.80. The highest BCUT2D eigenvalue weighted by Gasteiger charge is 2.51. The number of esters is 1. The third-order valence-electron chi connectivity index (χ3n) is 5.39. The minimum atomic E-state index is -1.46. The second-order valence-corrected chi connectivity index (χ2v) is 10.5. The Balaban J connectivity index is 0.00000176. The van der Waals surface area contributed by atoms with E-state index in [2.05, 4.69) is 17.0 Å². The zero-order valence-corrected chi connectivity index (χ0v) is 21.3. The third-order valence-corrected chi connectivity index (χ3v) is 7.47. The summed E-state index contributed by atoms with van der Waals surface area (Å²) in [6.07, 6.45) is 0.848. The molecule has 1 aromatic carbocycles. The van der Waals surface area contributed by atoms with Gasteiger partial charge in [-0.1, -0.05) is 13.8 Å². The van der Waals surface area contributed by atoms with Crippen molar-refractivity contribution in [1.29, 1.82) is 0 Å². The van der Waals surface area contributed by atoms with Crippen molar-refractivity contribution in [3.05, 3.63) is 24.3 Å². The van der Waals surface area contributed by atoms with Crippen molar-refractivity contribution in [2.24, 2.45) is 0 Å². The minimum Gasteiger partial charge on any atom is -0.494 e. The molecule has 0 amide bonds. The van der Waals surface area contributed by atoms with Crippen LogP contribution in [0.25, 0.3) is 0 Å². The summed E-state index contributed by atoms with van der Waals surface area (Å²) < 4.78 is 31.2. The number of hydrogen-bond donors (Lipinski definition) is 0. The normalized spacial score (nSPS) is 20.0. The summed E-state index contributed by atoms with van der Waals surface area (Å²) in [5, 5.41) is 0. The molecule has 0 saturated carbocycles. The average molecular weight is 469 g/mol. The van der Waals surface area contributed by atoms with Gasteiger partial charge in [0.2, 0.25) is 0 Å². The first-order valence-corrected chi connectivity index (χ1v) is 12.8. The van der Waals surface area contributed by atoms with Gasteiger partial charge >= 0.3 is 5.97 Å². The first kappa shape index (κ1) is 26.6. The minimum absolute atomic E-state index is 0.370. The summed E-state index contributed by atoms with van der Waals surface area (Å²) in [6.45, 7) is 15.8. The molecule has 2 aliphatic rings. The van der Waals surface area contributed by atoms with Gasteiger partial charge in [-0.15, -0.1) is 0 Å². The number of carbonyl (C=O) groups excluding carboxylic acids is 1. The number of hydrogen-bond acceptors (Lipinski definition) is 6. The summed E-state index contributed by atoms with van der Waals surface area (Å²) >= 11 is 0. The highest BCUT2D eigenvalue weighted by Crippen LogP contribution is 2.33. The molecule has 0 aromatic heterocycles. The van der Waals surface area contributed by atoms with Gasteiger partial charge < -0.3 is 19.1 Å². The quantitative estimate of drug-likeness (QED) is 0.592. The van der Waals surface area contributed by atoms with Crippen LogP contribution in [0.1, 0.15) is 54.4 Å². The lowest BCUT2D eigenvalue weighted by atomic mass is 9.99. The van der Waals surface area contributed by atoms with Crippen molar-refractivity contribution in [3.63, 3.8) is 0 Å². The van der Waals surface area contributed by atoms with Crippen LogP contribution in [-0.2, 0) is 25.3 Å². The van der Waals surface area contributed by atoms with Crippen LogP contribution in [0.3, 0.4) is 0 Å². The van der Waals surface area contributed by atoms with Gasteiger partial charge in [0.25, 0.3) is 0 Å². The summed E-state index contributed by atoms with van der Waals surface area (Å²) in [5.74, 6) is 0.491.